The van der Waals surface area contributed by atoms with E-state index < -0.39 is 0 Å². The Kier molecular flexibility index (Phi) is 4.26. The number of methoxy groups -OCH3 is 1. The summed E-state index contributed by atoms with van der Waals surface area (Å²) in [4.78, 5) is 18.5. The van der Waals surface area contributed by atoms with Crippen molar-refractivity contribution in [3.63, 3.8) is 0 Å². The van der Waals surface area contributed by atoms with Crippen LogP contribution in [-0.2, 0) is 0 Å². The number of halogens is 1. The number of carbonyl (C=O) groups is 1. The minimum atomic E-state index is -0.251. The fraction of sp³-hybridized carbons (Fsp3) is 0.0526. The molecule has 0 bridgehead atoms. The molecule has 7 heteroatoms. The lowest BCUT2D eigenvalue weighted by Crippen LogP contribution is -2.12. The third-order valence-corrected chi connectivity index (χ3v) is 5.86. The summed E-state index contributed by atoms with van der Waals surface area (Å²) in [5.41, 5.74) is 8.19. The van der Waals surface area contributed by atoms with Crippen molar-refractivity contribution < 1.29 is 9.53 Å². The van der Waals surface area contributed by atoms with Gasteiger partial charge < -0.3 is 15.8 Å². The number of benzene rings is 2. The van der Waals surface area contributed by atoms with E-state index in [-0.39, 0.29) is 5.91 Å². The van der Waals surface area contributed by atoms with Gasteiger partial charge in [0, 0.05) is 21.3 Å². The second-order valence-corrected chi connectivity index (χ2v) is 7.53. The van der Waals surface area contributed by atoms with Crippen LogP contribution >= 0.6 is 27.3 Å². The van der Waals surface area contributed by atoms with Crippen LogP contribution in [0.4, 0.5) is 11.4 Å². The summed E-state index contributed by atoms with van der Waals surface area (Å²) >= 11 is 4.71. The number of nitrogens with two attached hydrogens (primary N) is 1. The van der Waals surface area contributed by atoms with Gasteiger partial charge in [-0.1, -0.05) is 12.1 Å². The average Bonchev–Trinajstić information content (AvgIpc) is 2.97. The van der Waals surface area contributed by atoms with Crippen LogP contribution in [0.1, 0.15) is 9.67 Å². The quantitative estimate of drug-likeness (QED) is 0.479. The van der Waals surface area contributed by atoms with Crippen LogP contribution in [0.5, 0.6) is 5.75 Å². The third-order valence-electron chi connectivity index (χ3n) is 4.05. The topological polar surface area (TPSA) is 77.2 Å². The first kappa shape index (κ1) is 16.8. The molecule has 0 atom stereocenters. The van der Waals surface area contributed by atoms with E-state index >= 15 is 0 Å². The van der Waals surface area contributed by atoms with Gasteiger partial charge in [0.2, 0.25) is 0 Å². The highest BCUT2D eigenvalue weighted by Gasteiger charge is 2.18. The molecule has 130 valence electrons. The zero-order valence-corrected chi connectivity index (χ0v) is 16.1. The van der Waals surface area contributed by atoms with E-state index in [4.69, 9.17) is 10.5 Å². The monoisotopic (exact) mass is 427 g/mol. The molecular formula is C19H14BrN3O2S. The highest BCUT2D eigenvalue weighted by atomic mass is 79.9. The predicted molar refractivity (Wildman–Crippen MR) is 110 cm³/mol. The van der Waals surface area contributed by atoms with E-state index in [0.29, 0.717) is 16.3 Å². The maximum Gasteiger partial charge on any atom is 0.267 e. The van der Waals surface area contributed by atoms with Gasteiger partial charge >= 0.3 is 0 Å². The number of ether oxygens (including phenoxy) is 1. The molecule has 0 unspecified atom stereocenters. The molecule has 0 fully saturated rings. The number of aromatic nitrogens is 1. The van der Waals surface area contributed by atoms with Gasteiger partial charge in [-0.3, -0.25) is 4.79 Å². The molecular weight excluding hydrogens is 414 g/mol. The second kappa shape index (κ2) is 6.59. The summed E-state index contributed by atoms with van der Waals surface area (Å²) in [6, 6.07) is 15.1. The van der Waals surface area contributed by atoms with Crippen LogP contribution < -0.4 is 15.8 Å². The van der Waals surface area contributed by atoms with Crippen molar-refractivity contribution in [2.75, 3.05) is 18.2 Å². The molecule has 3 N–H and O–H groups in total. The number of hydrogen-bond acceptors (Lipinski definition) is 5. The first-order chi connectivity index (χ1) is 12.6. The molecule has 0 saturated heterocycles. The zero-order valence-electron chi connectivity index (χ0n) is 13.7. The number of carbonyl (C=O) groups excluding carboxylic acids is 1. The number of thiophene rings is 1. The highest BCUT2D eigenvalue weighted by molar-refractivity contribution is 9.10. The molecule has 0 aliphatic rings. The number of nitrogens with zero attached hydrogens (tertiary/aromatic N) is 1. The van der Waals surface area contributed by atoms with Crippen molar-refractivity contribution in [2.24, 2.45) is 0 Å². The van der Waals surface area contributed by atoms with Gasteiger partial charge in [-0.2, -0.15) is 0 Å². The van der Waals surface area contributed by atoms with Crippen LogP contribution in [0.25, 0.3) is 21.1 Å². The maximum absolute atomic E-state index is 12.7. The summed E-state index contributed by atoms with van der Waals surface area (Å²) in [7, 11) is 1.62. The molecule has 2 aromatic heterocycles. The molecule has 0 aliphatic carbocycles. The largest absolute Gasteiger partial charge is 0.497 e. The Hall–Kier alpha value is -2.64. The van der Waals surface area contributed by atoms with Crippen LogP contribution in [-0.4, -0.2) is 18.0 Å². The number of para-hydroxylation sites is 1. The van der Waals surface area contributed by atoms with E-state index in [1.165, 1.54) is 11.3 Å². The van der Waals surface area contributed by atoms with Gasteiger partial charge in [0.25, 0.3) is 5.91 Å². The van der Waals surface area contributed by atoms with Crippen molar-refractivity contribution in [3.8, 4) is 5.75 Å². The Labute approximate surface area is 161 Å². The molecule has 0 saturated carbocycles. The molecule has 4 aromatic rings. The molecule has 0 radical (unpaired) electrons. The Bertz CT molecular complexity index is 1160. The third kappa shape index (κ3) is 2.89. The van der Waals surface area contributed by atoms with Gasteiger partial charge in [0.05, 0.1) is 24.0 Å². The number of rotatable bonds is 3. The van der Waals surface area contributed by atoms with Crippen molar-refractivity contribution in [1.82, 2.24) is 4.98 Å². The van der Waals surface area contributed by atoms with Gasteiger partial charge in [0.1, 0.15) is 15.5 Å². The molecule has 4 rings (SSSR count). The van der Waals surface area contributed by atoms with Crippen LogP contribution in [0.15, 0.2) is 53.0 Å². The van der Waals surface area contributed by atoms with E-state index in [1.54, 1.807) is 7.11 Å². The minimum absolute atomic E-state index is 0.251. The fourth-order valence-electron chi connectivity index (χ4n) is 2.71. The van der Waals surface area contributed by atoms with Crippen LogP contribution in [0.3, 0.4) is 0 Å². The van der Waals surface area contributed by atoms with Gasteiger partial charge in [-0.25, -0.2) is 4.98 Å². The van der Waals surface area contributed by atoms with E-state index in [2.05, 4.69) is 26.2 Å². The number of hydrogen-bond donors (Lipinski definition) is 2. The number of nitrogen functional groups attached to an aromatic ring is 1. The Morgan fingerprint density at radius 1 is 1.23 bits per heavy atom. The van der Waals surface area contributed by atoms with Crippen LogP contribution in [0, 0.1) is 0 Å². The smallest absolute Gasteiger partial charge is 0.267 e. The summed E-state index contributed by atoms with van der Waals surface area (Å²) < 4.78 is 6.06. The lowest BCUT2D eigenvalue weighted by atomic mass is 10.1. The maximum atomic E-state index is 12.7. The van der Waals surface area contributed by atoms with Crippen LogP contribution in [0.2, 0.25) is 0 Å². The lowest BCUT2D eigenvalue weighted by Gasteiger charge is -2.06. The number of fused-ring (bicyclic) bond motifs is 2. The van der Waals surface area contributed by atoms with Crippen molar-refractivity contribution in [1.29, 1.82) is 0 Å². The minimum Gasteiger partial charge on any atom is -0.497 e. The molecule has 2 aromatic carbocycles. The molecule has 2 heterocycles. The first-order valence-corrected chi connectivity index (χ1v) is 9.40. The first-order valence-electron chi connectivity index (χ1n) is 7.79. The van der Waals surface area contributed by atoms with Gasteiger partial charge in [-0.05, 0) is 46.3 Å². The Morgan fingerprint density at radius 2 is 2.04 bits per heavy atom. The zero-order chi connectivity index (χ0) is 18.3. The Morgan fingerprint density at radius 3 is 2.81 bits per heavy atom. The number of pyridine rings is 1. The highest BCUT2D eigenvalue weighted by Crippen LogP contribution is 2.36. The molecule has 26 heavy (non-hydrogen) atoms. The fourth-order valence-corrected chi connectivity index (χ4v) is 4.07. The summed E-state index contributed by atoms with van der Waals surface area (Å²) in [5, 5.41) is 4.61. The van der Waals surface area contributed by atoms with Crippen molar-refractivity contribution >= 4 is 65.7 Å². The number of anilines is 2. The predicted octanol–water partition coefficient (Wildman–Crippen LogP) is 5.06. The molecule has 0 aliphatic heterocycles. The second-order valence-electron chi connectivity index (χ2n) is 5.68. The molecule has 0 spiro atoms. The molecule has 1 amide bonds. The van der Waals surface area contributed by atoms with Crippen molar-refractivity contribution in [2.45, 2.75) is 0 Å². The van der Waals surface area contributed by atoms with E-state index in [9.17, 15) is 4.79 Å². The van der Waals surface area contributed by atoms with E-state index in [0.717, 1.165) is 31.3 Å². The average molecular weight is 428 g/mol. The molecule has 5 nitrogen and oxygen atoms in total. The summed E-state index contributed by atoms with van der Waals surface area (Å²) in [6.07, 6.45) is 0. The van der Waals surface area contributed by atoms with Crippen molar-refractivity contribution in [3.05, 3.63) is 57.9 Å². The number of nitrogens with one attached hydrogen (secondary N) is 1. The number of amides is 1. The normalized spacial score (nSPS) is 11.0. The van der Waals surface area contributed by atoms with E-state index in [1.807, 2.05) is 48.5 Å². The van der Waals surface area contributed by atoms with Gasteiger partial charge in [0.15, 0.2) is 0 Å². The summed E-state index contributed by atoms with van der Waals surface area (Å²) in [6.45, 7) is 0. The Balaban J connectivity index is 1.78. The standard InChI is InChI=1S/C19H14BrN3O2S/c1-25-11-7-6-10-8-12-16(21)17(26-19(12)23-15(10)9-11)18(24)22-14-5-3-2-4-13(14)20/h2-9H,21H2,1H3,(H,22,24). The summed E-state index contributed by atoms with van der Waals surface area (Å²) in [5.74, 6) is 0.486. The lowest BCUT2D eigenvalue weighted by molar-refractivity contribution is 0.103. The van der Waals surface area contributed by atoms with Gasteiger partial charge in [-0.15, -0.1) is 11.3 Å². The SMILES string of the molecule is COc1ccc2cc3c(N)c(C(=O)Nc4ccccc4Br)sc3nc2c1.